The number of nitrogens with one attached hydrogen (secondary N) is 1. The van der Waals surface area contributed by atoms with Gasteiger partial charge in [0.05, 0.1) is 11.1 Å². The van der Waals surface area contributed by atoms with Crippen LogP contribution in [0.2, 0.25) is 0 Å². The topological polar surface area (TPSA) is 96.8 Å². The largest absolute Gasteiger partial charge is 0.375 e. The molecule has 1 aromatic carbocycles. The third-order valence-electron chi connectivity index (χ3n) is 3.05. The monoisotopic (exact) mass is 293 g/mol. The minimum Gasteiger partial charge on any atom is -0.375 e. The summed E-state index contributed by atoms with van der Waals surface area (Å²) in [6, 6.07) is 4.76. The summed E-state index contributed by atoms with van der Waals surface area (Å²) in [5.41, 5.74) is 9.37. The van der Waals surface area contributed by atoms with E-state index >= 15 is 0 Å². The minimum absolute atomic E-state index is 0.0321. The van der Waals surface area contributed by atoms with E-state index in [4.69, 9.17) is 5.73 Å². The molecule has 0 radical (unpaired) electrons. The number of anilines is 1. The first-order chi connectivity index (χ1) is 9.58. The van der Waals surface area contributed by atoms with Gasteiger partial charge in [-0.05, 0) is 31.1 Å². The van der Waals surface area contributed by atoms with E-state index in [9.17, 15) is 10.1 Å². The van der Waals surface area contributed by atoms with Gasteiger partial charge in [0.15, 0.2) is 5.11 Å². The maximum Gasteiger partial charge on any atom is 0.270 e. The highest BCUT2D eigenvalue weighted by atomic mass is 32.1. The molecule has 1 aliphatic heterocycles. The van der Waals surface area contributed by atoms with Crippen molar-refractivity contribution in [3.8, 4) is 0 Å². The second kappa shape index (κ2) is 6.29. The van der Waals surface area contributed by atoms with Crippen LogP contribution in [0.5, 0.6) is 0 Å². The summed E-state index contributed by atoms with van der Waals surface area (Å²) in [5.74, 6) is 0. The maximum absolute atomic E-state index is 10.9. The van der Waals surface area contributed by atoms with E-state index in [1.807, 2.05) is 0 Å². The minimum atomic E-state index is -0.425. The fourth-order valence-corrected chi connectivity index (χ4v) is 2.22. The van der Waals surface area contributed by atoms with Crippen LogP contribution in [-0.2, 0) is 0 Å². The highest BCUT2D eigenvalue weighted by molar-refractivity contribution is 7.80. The Balaban J connectivity index is 2.31. The van der Waals surface area contributed by atoms with E-state index in [1.54, 1.807) is 6.07 Å². The second-order valence-corrected chi connectivity index (χ2v) is 4.87. The number of rotatable bonds is 4. The zero-order valence-electron chi connectivity index (χ0n) is 10.8. The first-order valence-electron chi connectivity index (χ1n) is 6.20. The normalized spacial score (nSPS) is 14.7. The highest BCUT2D eigenvalue weighted by Crippen LogP contribution is 2.27. The van der Waals surface area contributed by atoms with E-state index in [0.29, 0.717) is 5.56 Å². The van der Waals surface area contributed by atoms with Crippen LogP contribution in [0.3, 0.4) is 0 Å². The highest BCUT2D eigenvalue weighted by Gasteiger charge is 2.17. The molecule has 20 heavy (non-hydrogen) atoms. The van der Waals surface area contributed by atoms with Crippen molar-refractivity contribution in [3.05, 3.63) is 33.9 Å². The number of hydrogen-bond donors (Lipinski definition) is 2. The van der Waals surface area contributed by atoms with Gasteiger partial charge in [-0.3, -0.25) is 15.5 Å². The van der Waals surface area contributed by atoms with Crippen molar-refractivity contribution in [3.63, 3.8) is 0 Å². The smallest absolute Gasteiger partial charge is 0.270 e. The first-order valence-corrected chi connectivity index (χ1v) is 6.60. The molecule has 8 heteroatoms. The average molecular weight is 293 g/mol. The van der Waals surface area contributed by atoms with Gasteiger partial charge >= 0.3 is 0 Å². The molecule has 0 amide bonds. The molecule has 1 aliphatic rings. The second-order valence-electron chi connectivity index (χ2n) is 4.43. The molecule has 7 nitrogen and oxygen atoms in total. The van der Waals surface area contributed by atoms with Crippen molar-refractivity contribution < 1.29 is 4.92 Å². The van der Waals surface area contributed by atoms with Crippen molar-refractivity contribution in [2.45, 2.75) is 12.8 Å². The molecule has 0 atom stereocenters. The van der Waals surface area contributed by atoms with E-state index in [0.717, 1.165) is 31.6 Å². The summed E-state index contributed by atoms with van der Waals surface area (Å²) in [4.78, 5) is 12.6. The fourth-order valence-electron chi connectivity index (χ4n) is 2.17. The van der Waals surface area contributed by atoms with Crippen LogP contribution in [0.1, 0.15) is 18.4 Å². The summed E-state index contributed by atoms with van der Waals surface area (Å²) >= 11 is 4.65. The Kier molecular flexibility index (Phi) is 4.46. The molecule has 3 N–H and O–H groups in total. The SMILES string of the molecule is NC(=S)NN=Cc1cc([N+](=O)[O-])ccc1N1CCCC1. The molecule has 0 aromatic heterocycles. The third kappa shape index (κ3) is 3.41. The van der Waals surface area contributed by atoms with Crippen LogP contribution in [0.25, 0.3) is 0 Å². The van der Waals surface area contributed by atoms with Gasteiger partial charge in [-0.1, -0.05) is 0 Å². The van der Waals surface area contributed by atoms with Crippen LogP contribution in [0, 0.1) is 10.1 Å². The standard InChI is InChI=1S/C12H15N5O2S/c13-12(20)15-14-8-9-7-10(17(18)19)3-4-11(9)16-5-1-2-6-16/h3-4,7-8H,1-2,5-6H2,(H3,13,15,20). The summed E-state index contributed by atoms with van der Waals surface area (Å²) in [7, 11) is 0. The van der Waals surface area contributed by atoms with Crippen LogP contribution < -0.4 is 16.1 Å². The molecule has 1 saturated heterocycles. The van der Waals surface area contributed by atoms with Gasteiger partial charge in [0.25, 0.3) is 5.69 Å². The van der Waals surface area contributed by atoms with Crippen molar-refractivity contribution >= 4 is 34.9 Å². The molecule has 1 heterocycles. The molecule has 0 bridgehead atoms. The Labute approximate surface area is 121 Å². The molecule has 0 saturated carbocycles. The van der Waals surface area contributed by atoms with Crippen molar-refractivity contribution in [1.29, 1.82) is 0 Å². The molecule has 0 aliphatic carbocycles. The molecule has 1 aromatic rings. The Bertz CT molecular complexity index is 555. The van der Waals surface area contributed by atoms with Crippen LogP contribution in [0.4, 0.5) is 11.4 Å². The summed E-state index contributed by atoms with van der Waals surface area (Å²) < 4.78 is 0. The number of hydrazone groups is 1. The predicted molar refractivity (Wildman–Crippen MR) is 82.1 cm³/mol. The van der Waals surface area contributed by atoms with Gasteiger partial charge in [-0.15, -0.1) is 0 Å². The lowest BCUT2D eigenvalue weighted by atomic mass is 10.1. The van der Waals surface area contributed by atoms with Gasteiger partial charge < -0.3 is 10.6 Å². The predicted octanol–water partition coefficient (Wildman–Crippen LogP) is 1.36. The summed E-state index contributed by atoms with van der Waals surface area (Å²) in [6.45, 7) is 1.89. The lowest BCUT2D eigenvalue weighted by Crippen LogP contribution is -2.24. The molecule has 2 rings (SSSR count). The van der Waals surface area contributed by atoms with Gasteiger partial charge in [0, 0.05) is 36.5 Å². The molecule has 106 valence electrons. The average Bonchev–Trinajstić information content (AvgIpc) is 2.91. The Morgan fingerprint density at radius 3 is 2.80 bits per heavy atom. The quantitative estimate of drug-likeness (QED) is 0.376. The van der Waals surface area contributed by atoms with Crippen molar-refractivity contribution in [2.75, 3.05) is 18.0 Å². The van der Waals surface area contributed by atoms with Gasteiger partial charge in [0.2, 0.25) is 0 Å². The number of thiocarbonyl (C=S) groups is 1. The van der Waals surface area contributed by atoms with E-state index in [-0.39, 0.29) is 10.8 Å². The number of hydrogen-bond acceptors (Lipinski definition) is 5. The van der Waals surface area contributed by atoms with Gasteiger partial charge in [-0.25, -0.2) is 0 Å². The van der Waals surface area contributed by atoms with Crippen LogP contribution in [-0.4, -0.2) is 29.3 Å². The lowest BCUT2D eigenvalue weighted by Gasteiger charge is -2.19. The van der Waals surface area contributed by atoms with Crippen molar-refractivity contribution in [2.24, 2.45) is 10.8 Å². The number of nitrogens with two attached hydrogens (primary N) is 1. The summed E-state index contributed by atoms with van der Waals surface area (Å²) in [6.07, 6.45) is 3.75. The number of nitro groups is 1. The van der Waals surface area contributed by atoms with E-state index < -0.39 is 4.92 Å². The Morgan fingerprint density at radius 2 is 2.20 bits per heavy atom. The number of benzene rings is 1. The Hall–Kier alpha value is -2.22. The maximum atomic E-state index is 10.9. The van der Waals surface area contributed by atoms with Crippen LogP contribution >= 0.6 is 12.2 Å². The molecular formula is C12H15N5O2S. The van der Waals surface area contributed by atoms with E-state index in [1.165, 1.54) is 18.3 Å². The first kappa shape index (κ1) is 14.2. The number of non-ortho nitro benzene ring substituents is 1. The molecular weight excluding hydrogens is 278 g/mol. The number of nitro benzene ring substituents is 1. The fraction of sp³-hybridized carbons (Fsp3) is 0.333. The molecule has 0 unspecified atom stereocenters. The number of nitrogens with zero attached hydrogens (tertiary/aromatic N) is 3. The third-order valence-corrected chi connectivity index (χ3v) is 3.14. The lowest BCUT2D eigenvalue weighted by molar-refractivity contribution is -0.384. The van der Waals surface area contributed by atoms with E-state index in [2.05, 4.69) is 27.6 Å². The van der Waals surface area contributed by atoms with Crippen LogP contribution in [0.15, 0.2) is 23.3 Å². The zero-order valence-corrected chi connectivity index (χ0v) is 11.6. The zero-order chi connectivity index (χ0) is 14.5. The molecule has 0 spiro atoms. The van der Waals surface area contributed by atoms with Crippen molar-refractivity contribution in [1.82, 2.24) is 5.43 Å². The summed E-state index contributed by atoms with van der Waals surface area (Å²) in [5, 5.41) is 14.8. The Morgan fingerprint density at radius 1 is 1.50 bits per heavy atom. The van der Waals surface area contributed by atoms with Gasteiger partial charge in [-0.2, -0.15) is 5.10 Å². The molecule has 1 fully saturated rings. The van der Waals surface area contributed by atoms with Gasteiger partial charge in [0.1, 0.15) is 0 Å².